The number of hydrogen-bond donors (Lipinski definition) is 0. The molecule has 0 unspecified atom stereocenters. The van der Waals surface area contributed by atoms with Crippen molar-refractivity contribution in [3.63, 3.8) is 0 Å². The van der Waals surface area contributed by atoms with Crippen LogP contribution in [0.25, 0.3) is 0 Å². The Bertz CT molecular complexity index is 631. The molecule has 0 aromatic carbocycles. The molecular formula is C17H27N3O4. The van der Waals surface area contributed by atoms with Crippen LogP contribution in [0.3, 0.4) is 0 Å². The van der Waals surface area contributed by atoms with E-state index in [-0.39, 0.29) is 12.1 Å². The predicted molar refractivity (Wildman–Crippen MR) is 88.8 cm³/mol. The number of aromatic nitrogens is 2. The second-order valence-corrected chi connectivity index (χ2v) is 6.97. The van der Waals surface area contributed by atoms with Crippen LogP contribution in [0.1, 0.15) is 63.3 Å². The van der Waals surface area contributed by atoms with Crippen molar-refractivity contribution in [2.45, 2.75) is 72.7 Å². The van der Waals surface area contributed by atoms with E-state index in [2.05, 4.69) is 5.10 Å². The van der Waals surface area contributed by atoms with E-state index in [1.807, 2.05) is 34.6 Å². The van der Waals surface area contributed by atoms with Crippen LogP contribution < -0.4 is 0 Å². The molecule has 1 aromatic rings. The Morgan fingerprint density at radius 2 is 1.96 bits per heavy atom. The minimum atomic E-state index is -0.561. The monoisotopic (exact) mass is 337 g/mol. The molecular weight excluding hydrogens is 310 g/mol. The van der Waals surface area contributed by atoms with Crippen LogP contribution in [0.15, 0.2) is 0 Å². The van der Waals surface area contributed by atoms with E-state index in [9.17, 15) is 9.59 Å². The Labute approximate surface area is 142 Å². The minimum Gasteiger partial charge on any atom is -0.461 e. The van der Waals surface area contributed by atoms with E-state index in [0.29, 0.717) is 31.8 Å². The summed E-state index contributed by atoms with van der Waals surface area (Å²) in [7, 11) is 0. The van der Waals surface area contributed by atoms with Gasteiger partial charge in [0.1, 0.15) is 5.60 Å². The molecule has 1 aromatic heterocycles. The fourth-order valence-electron chi connectivity index (χ4n) is 2.82. The van der Waals surface area contributed by atoms with E-state index in [4.69, 9.17) is 9.47 Å². The fourth-order valence-corrected chi connectivity index (χ4v) is 2.82. The second kappa shape index (κ2) is 6.83. The van der Waals surface area contributed by atoms with Gasteiger partial charge in [-0.1, -0.05) is 0 Å². The highest BCUT2D eigenvalue weighted by molar-refractivity contribution is 5.90. The molecule has 2 heterocycles. The summed E-state index contributed by atoms with van der Waals surface area (Å²) in [6, 6.07) is -0.0393. The molecule has 134 valence electrons. The largest absolute Gasteiger partial charge is 0.461 e. The van der Waals surface area contributed by atoms with Gasteiger partial charge >= 0.3 is 12.1 Å². The van der Waals surface area contributed by atoms with Gasteiger partial charge in [0.15, 0.2) is 5.69 Å². The van der Waals surface area contributed by atoms with Crippen molar-refractivity contribution in [1.29, 1.82) is 0 Å². The molecule has 7 nitrogen and oxygen atoms in total. The molecule has 1 aliphatic rings. The number of fused-ring (bicyclic) bond motifs is 1. The van der Waals surface area contributed by atoms with Crippen LogP contribution in [0, 0.1) is 0 Å². The SMILES string of the molecule is CCOC(=O)c1c2c(nn1CC)C[C@@H](C)N(C(=O)OC(C)(C)C)C2. The number of esters is 1. The first-order valence-corrected chi connectivity index (χ1v) is 8.43. The van der Waals surface area contributed by atoms with Crippen LogP contribution >= 0.6 is 0 Å². The number of aryl methyl sites for hydroxylation is 1. The number of carbonyl (C=O) groups excluding carboxylic acids is 2. The van der Waals surface area contributed by atoms with Crippen molar-refractivity contribution < 1.29 is 19.1 Å². The lowest BCUT2D eigenvalue weighted by Crippen LogP contribution is -2.45. The van der Waals surface area contributed by atoms with E-state index in [0.717, 1.165) is 11.3 Å². The van der Waals surface area contributed by atoms with Crippen LogP contribution in [-0.4, -0.2) is 45.0 Å². The van der Waals surface area contributed by atoms with E-state index in [1.165, 1.54) is 0 Å². The molecule has 1 amide bonds. The summed E-state index contributed by atoms with van der Waals surface area (Å²) in [6.07, 6.45) is 0.216. The normalized spacial score (nSPS) is 17.4. The lowest BCUT2D eigenvalue weighted by atomic mass is 10.00. The van der Waals surface area contributed by atoms with Crippen molar-refractivity contribution in [1.82, 2.24) is 14.7 Å². The third kappa shape index (κ3) is 3.71. The minimum absolute atomic E-state index is 0.0393. The molecule has 2 rings (SSSR count). The number of rotatable bonds is 3. The number of amides is 1. The molecule has 0 spiro atoms. The van der Waals surface area contributed by atoms with E-state index >= 15 is 0 Å². The van der Waals surface area contributed by atoms with Gasteiger partial charge in [-0.3, -0.25) is 4.68 Å². The summed E-state index contributed by atoms with van der Waals surface area (Å²) in [5.41, 5.74) is 1.50. The van der Waals surface area contributed by atoms with Gasteiger partial charge in [0, 0.05) is 24.6 Å². The molecule has 0 saturated heterocycles. The number of ether oxygens (including phenoxy) is 2. The lowest BCUT2D eigenvalue weighted by molar-refractivity contribution is 0.0134. The summed E-state index contributed by atoms with van der Waals surface area (Å²) in [6.45, 7) is 12.3. The Morgan fingerprint density at radius 3 is 2.50 bits per heavy atom. The summed E-state index contributed by atoms with van der Waals surface area (Å²) in [5.74, 6) is -0.396. The maximum atomic E-state index is 12.5. The summed E-state index contributed by atoms with van der Waals surface area (Å²) >= 11 is 0. The van der Waals surface area contributed by atoms with Gasteiger partial charge in [-0.05, 0) is 41.5 Å². The molecule has 1 atom stereocenters. The molecule has 0 saturated carbocycles. The van der Waals surface area contributed by atoms with Gasteiger partial charge < -0.3 is 14.4 Å². The maximum Gasteiger partial charge on any atom is 0.410 e. The summed E-state index contributed by atoms with van der Waals surface area (Å²) < 4.78 is 12.3. The summed E-state index contributed by atoms with van der Waals surface area (Å²) in [5, 5.41) is 4.53. The van der Waals surface area contributed by atoms with Crippen molar-refractivity contribution in [3.05, 3.63) is 17.0 Å². The first-order chi connectivity index (χ1) is 11.2. The van der Waals surface area contributed by atoms with E-state index in [1.54, 1.807) is 16.5 Å². The number of hydrogen-bond acceptors (Lipinski definition) is 5. The number of carbonyl (C=O) groups is 2. The molecule has 0 aliphatic carbocycles. The third-order valence-electron chi connectivity index (χ3n) is 3.88. The highest BCUT2D eigenvalue weighted by Crippen LogP contribution is 2.28. The van der Waals surface area contributed by atoms with Crippen molar-refractivity contribution in [3.8, 4) is 0 Å². The lowest BCUT2D eigenvalue weighted by Gasteiger charge is -2.34. The topological polar surface area (TPSA) is 73.7 Å². The summed E-state index contributed by atoms with van der Waals surface area (Å²) in [4.78, 5) is 26.5. The van der Waals surface area contributed by atoms with Gasteiger partial charge in [-0.25, -0.2) is 9.59 Å². The van der Waals surface area contributed by atoms with Gasteiger partial charge in [0.2, 0.25) is 0 Å². The molecule has 0 N–H and O–H groups in total. The van der Waals surface area contributed by atoms with Crippen LogP contribution in [-0.2, 0) is 29.0 Å². The maximum absolute atomic E-state index is 12.5. The van der Waals surface area contributed by atoms with Crippen LogP contribution in [0.5, 0.6) is 0 Å². The first-order valence-electron chi connectivity index (χ1n) is 8.43. The smallest absolute Gasteiger partial charge is 0.410 e. The zero-order valence-electron chi connectivity index (χ0n) is 15.4. The Hall–Kier alpha value is -2.05. The van der Waals surface area contributed by atoms with Gasteiger partial charge in [0.25, 0.3) is 0 Å². The predicted octanol–water partition coefficient (Wildman–Crippen LogP) is 2.76. The molecule has 7 heteroatoms. The first kappa shape index (κ1) is 18.3. The third-order valence-corrected chi connectivity index (χ3v) is 3.88. The number of nitrogens with zero attached hydrogens (tertiary/aromatic N) is 3. The molecule has 0 fully saturated rings. The zero-order valence-corrected chi connectivity index (χ0v) is 15.4. The van der Waals surface area contributed by atoms with Gasteiger partial charge in [0.05, 0.1) is 18.8 Å². The zero-order chi connectivity index (χ0) is 18.1. The molecule has 0 radical (unpaired) electrons. The second-order valence-electron chi connectivity index (χ2n) is 6.97. The van der Waals surface area contributed by atoms with Crippen molar-refractivity contribution in [2.24, 2.45) is 0 Å². The molecule has 0 bridgehead atoms. The van der Waals surface area contributed by atoms with Crippen LogP contribution in [0.2, 0.25) is 0 Å². The van der Waals surface area contributed by atoms with Crippen LogP contribution in [0.4, 0.5) is 4.79 Å². The Kier molecular flexibility index (Phi) is 5.20. The average Bonchev–Trinajstić information content (AvgIpc) is 2.82. The fraction of sp³-hybridized carbons (Fsp3) is 0.706. The van der Waals surface area contributed by atoms with Gasteiger partial charge in [-0.15, -0.1) is 0 Å². The average molecular weight is 337 g/mol. The molecule has 1 aliphatic heterocycles. The highest BCUT2D eigenvalue weighted by atomic mass is 16.6. The standard InChI is InChI=1S/C17H27N3O4/c1-7-20-14(15(21)23-8-2)12-10-19(11(3)9-13(12)18-20)16(22)24-17(4,5)6/h11H,7-10H2,1-6H3/t11-/m1/s1. The Morgan fingerprint density at radius 1 is 1.29 bits per heavy atom. The van der Waals surface area contributed by atoms with Crippen molar-refractivity contribution >= 4 is 12.1 Å². The van der Waals surface area contributed by atoms with Gasteiger partial charge in [-0.2, -0.15) is 5.10 Å². The highest BCUT2D eigenvalue weighted by Gasteiger charge is 2.35. The Balaban J connectivity index is 2.34. The quantitative estimate of drug-likeness (QED) is 0.793. The molecule has 24 heavy (non-hydrogen) atoms. The van der Waals surface area contributed by atoms with E-state index < -0.39 is 11.6 Å². The van der Waals surface area contributed by atoms with Crippen molar-refractivity contribution in [2.75, 3.05) is 6.61 Å².